The highest BCUT2D eigenvalue weighted by atomic mass is 16.6. The first-order valence-electron chi connectivity index (χ1n) is 13.3. The largest absolute Gasteiger partial charge is 0.465 e. The maximum atomic E-state index is 12.4. The van der Waals surface area contributed by atoms with Crippen LogP contribution >= 0.6 is 0 Å². The molecule has 4 bridgehead atoms. The van der Waals surface area contributed by atoms with Gasteiger partial charge in [-0.05, 0) is 50.4 Å². The van der Waals surface area contributed by atoms with Gasteiger partial charge in [-0.1, -0.05) is 27.7 Å². The van der Waals surface area contributed by atoms with Crippen LogP contribution in [-0.4, -0.2) is 49.3 Å². The van der Waals surface area contributed by atoms with Crippen LogP contribution in [0.1, 0.15) is 74.7 Å². The second-order valence-electron chi connectivity index (χ2n) is 13.4. The van der Waals surface area contributed by atoms with Gasteiger partial charge in [0, 0.05) is 31.1 Å². The summed E-state index contributed by atoms with van der Waals surface area (Å²) >= 11 is 0. The molecule has 4 aliphatic carbocycles. The molecule has 11 unspecified atom stereocenters. The molecule has 6 aliphatic rings. The number of carbonyl (C=O) groups is 4. The summed E-state index contributed by atoms with van der Waals surface area (Å²) in [6.45, 7) is 16.1. The normalized spacial score (nSPS) is 52.6. The van der Waals surface area contributed by atoms with Gasteiger partial charge in [-0.2, -0.15) is 0 Å². The monoisotopic (exact) mass is 504 g/mol. The van der Waals surface area contributed by atoms with Gasteiger partial charge in [0.1, 0.15) is 18.8 Å². The number of rotatable bonds is 4. The molecule has 8 heteroatoms. The Labute approximate surface area is 213 Å². The maximum absolute atomic E-state index is 12.4. The molecule has 11 atom stereocenters. The summed E-state index contributed by atoms with van der Waals surface area (Å²) in [4.78, 5) is 46.8. The van der Waals surface area contributed by atoms with Crippen molar-refractivity contribution in [3.8, 4) is 0 Å². The Bertz CT molecular complexity index is 1030. The van der Waals surface area contributed by atoms with Gasteiger partial charge in [0.2, 0.25) is 0 Å². The third-order valence-corrected chi connectivity index (χ3v) is 12.1. The van der Waals surface area contributed by atoms with E-state index in [-0.39, 0.29) is 66.0 Å². The van der Waals surface area contributed by atoms with Crippen LogP contribution in [0.4, 0.5) is 0 Å². The molecular formula is C28H40O8. The summed E-state index contributed by atoms with van der Waals surface area (Å²) in [5.74, 6) is 0.736. The maximum Gasteiger partial charge on any atom is 0.312 e. The second-order valence-corrected chi connectivity index (χ2v) is 13.4. The van der Waals surface area contributed by atoms with Crippen LogP contribution in [0.15, 0.2) is 0 Å². The molecule has 0 aromatic carbocycles. The topological polar surface area (TPSA) is 105 Å². The number of esters is 4. The molecule has 0 aromatic rings. The standard InChI is InChI=1S/C16H22O6.C12H18O2/c1-9-12-16(8-21-11(3)18)6-15(9,7-20-10(2)17)5-14(16,4)13(19)22-12;1-6-9-8-5-11(6,3)7(2)12(8,4)10(13)14-9/h9,12H,5-8H2,1-4H3;6-9H,5H2,1-4H3. The van der Waals surface area contributed by atoms with E-state index < -0.39 is 10.8 Å². The molecular weight excluding hydrogens is 464 g/mol. The minimum absolute atomic E-state index is 0.0630. The smallest absolute Gasteiger partial charge is 0.312 e. The minimum Gasteiger partial charge on any atom is -0.465 e. The SMILES string of the molecule is CC(=O)OCC12CC3(C)C(=O)OC(C1C)C3(COC(C)=O)C2.CC1C2OC(=O)C3(C)C2CC1(C)C3C. The summed E-state index contributed by atoms with van der Waals surface area (Å²) in [7, 11) is 0. The van der Waals surface area contributed by atoms with Gasteiger partial charge < -0.3 is 18.9 Å². The lowest BCUT2D eigenvalue weighted by Crippen LogP contribution is -2.48. The van der Waals surface area contributed by atoms with Crippen LogP contribution in [0.25, 0.3) is 0 Å². The summed E-state index contributed by atoms with van der Waals surface area (Å²) in [6.07, 6.45) is 2.39. The lowest BCUT2D eigenvalue weighted by atomic mass is 9.61. The molecule has 0 spiro atoms. The number of carbonyl (C=O) groups excluding carboxylic acids is 4. The zero-order valence-electron chi connectivity index (χ0n) is 22.8. The Kier molecular flexibility index (Phi) is 5.30. The quantitative estimate of drug-likeness (QED) is 0.422. The predicted octanol–water partition coefficient (Wildman–Crippen LogP) is 3.69. The van der Waals surface area contributed by atoms with Crippen LogP contribution in [0.2, 0.25) is 0 Å². The Hall–Kier alpha value is -2.12. The van der Waals surface area contributed by atoms with Crippen LogP contribution in [-0.2, 0) is 38.1 Å². The highest BCUT2D eigenvalue weighted by Gasteiger charge is 2.81. The van der Waals surface area contributed by atoms with Crippen molar-refractivity contribution in [3.63, 3.8) is 0 Å². The summed E-state index contributed by atoms with van der Waals surface area (Å²) < 4.78 is 21.8. The van der Waals surface area contributed by atoms with Crippen LogP contribution in [0.5, 0.6) is 0 Å². The van der Waals surface area contributed by atoms with Crippen molar-refractivity contribution in [2.45, 2.75) is 86.9 Å². The van der Waals surface area contributed by atoms with Crippen LogP contribution in [0.3, 0.4) is 0 Å². The molecule has 200 valence electrons. The number of hydrogen-bond acceptors (Lipinski definition) is 8. The lowest BCUT2D eigenvalue weighted by Gasteiger charge is -2.40. The van der Waals surface area contributed by atoms with Gasteiger partial charge >= 0.3 is 23.9 Å². The second kappa shape index (κ2) is 7.47. The predicted molar refractivity (Wildman–Crippen MR) is 127 cm³/mol. The first-order valence-corrected chi connectivity index (χ1v) is 13.3. The van der Waals surface area contributed by atoms with E-state index in [0.29, 0.717) is 36.0 Å². The van der Waals surface area contributed by atoms with Crippen molar-refractivity contribution >= 4 is 23.9 Å². The van der Waals surface area contributed by atoms with Gasteiger partial charge in [-0.25, -0.2) is 0 Å². The lowest BCUT2D eigenvalue weighted by molar-refractivity contribution is -0.150. The summed E-state index contributed by atoms with van der Waals surface area (Å²) in [5.41, 5.74) is -1.31. The Morgan fingerprint density at radius 3 is 2.08 bits per heavy atom. The third kappa shape index (κ3) is 2.82. The van der Waals surface area contributed by atoms with Gasteiger partial charge in [0.15, 0.2) is 0 Å². The van der Waals surface area contributed by atoms with Gasteiger partial charge in [0.05, 0.1) is 22.9 Å². The molecule has 36 heavy (non-hydrogen) atoms. The fourth-order valence-electron chi connectivity index (χ4n) is 9.43. The van der Waals surface area contributed by atoms with Gasteiger partial charge in [0.25, 0.3) is 0 Å². The van der Waals surface area contributed by atoms with Crippen LogP contribution < -0.4 is 0 Å². The molecule has 6 fully saturated rings. The molecule has 2 heterocycles. The Morgan fingerprint density at radius 2 is 1.50 bits per heavy atom. The molecule has 2 saturated heterocycles. The van der Waals surface area contributed by atoms with Crippen molar-refractivity contribution in [1.82, 2.24) is 0 Å². The Morgan fingerprint density at radius 1 is 0.889 bits per heavy atom. The van der Waals surface area contributed by atoms with E-state index in [2.05, 4.69) is 27.7 Å². The minimum atomic E-state index is -0.681. The molecule has 4 saturated carbocycles. The van der Waals surface area contributed by atoms with E-state index in [1.165, 1.54) is 20.3 Å². The first kappa shape index (κ1) is 25.5. The van der Waals surface area contributed by atoms with E-state index in [9.17, 15) is 19.2 Å². The molecule has 0 radical (unpaired) electrons. The third-order valence-electron chi connectivity index (χ3n) is 12.1. The summed E-state index contributed by atoms with van der Waals surface area (Å²) in [5, 5.41) is 0. The zero-order valence-corrected chi connectivity index (χ0v) is 22.8. The van der Waals surface area contributed by atoms with Crippen molar-refractivity contribution in [2.24, 2.45) is 50.7 Å². The zero-order chi connectivity index (χ0) is 26.6. The average Bonchev–Trinajstić information content (AvgIpc) is 3.48. The van der Waals surface area contributed by atoms with Crippen LogP contribution in [0, 0.1) is 50.7 Å². The number of hydrogen-bond donors (Lipinski definition) is 0. The van der Waals surface area contributed by atoms with Gasteiger partial charge in [-0.15, -0.1) is 0 Å². The van der Waals surface area contributed by atoms with Crippen molar-refractivity contribution in [1.29, 1.82) is 0 Å². The van der Waals surface area contributed by atoms with Gasteiger partial charge in [-0.3, -0.25) is 19.2 Å². The Balaban J connectivity index is 0.000000163. The number of ether oxygens (including phenoxy) is 4. The van der Waals surface area contributed by atoms with Crippen molar-refractivity contribution < 1.29 is 38.1 Å². The molecule has 0 aromatic heterocycles. The van der Waals surface area contributed by atoms with E-state index in [1.807, 2.05) is 13.8 Å². The van der Waals surface area contributed by atoms with E-state index in [1.54, 1.807) is 0 Å². The fraction of sp³-hybridized carbons (Fsp3) is 0.857. The first-order chi connectivity index (χ1) is 16.6. The van der Waals surface area contributed by atoms with Crippen molar-refractivity contribution in [2.75, 3.05) is 13.2 Å². The average molecular weight is 505 g/mol. The molecule has 8 nitrogen and oxygen atoms in total. The molecule has 0 amide bonds. The van der Waals surface area contributed by atoms with E-state index >= 15 is 0 Å². The molecule has 6 rings (SSSR count). The fourth-order valence-corrected chi connectivity index (χ4v) is 9.43. The van der Waals surface area contributed by atoms with Crippen molar-refractivity contribution in [3.05, 3.63) is 0 Å². The molecule has 2 aliphatic heterocycles. The van der Waals surface area contributed by atoms with E-state index in [4.69, 9.17) is 18.9 Å². The molecule has 0 N–H and O–H groups in total. The highest BCUT2D eigenvalue weighted by Crippen LogP contribution is 2.76. The summed E-state index contributed by atoms with van der Waals surface area (Å²) in [6, 6.07) is 0. The van der Waals surface area contributed by atoms with E-state index in [0.717, 1.165) is 0 Å². The highest BCUT2D eigenvalue weighted by molar-refractivity contribution is 5.83. The number of fused-ring (bicyclic) bond motifs is 2.